The molecule has 0 saturated carbocycles. The Labute approximate surface area is 216 Å². The van der Waals surface area contributed by atoms with Crippen molar-refractivity contribution in [2.45, 2.75) is 29.3 Å². The molecule has 0 unspecified atom stereocenters. The van der Waals surface area contributed by atoms with Crippen molar-refractivity contribution in [1.29, 1.82) is 0 Å². The number of benzene rings is 3. The van der Waals surface area contributed by atoms with Gasteiger partial charge in [-0.3, -0.25) is 14.5 Å². The maximum Gasteiger partial charge on any atom is 0.329 e. The van der Waals surface area contributed by atoms with Crippen LogP contribution in [0.2, 0.25) is 0 Å². The molecule has 1 saturated heterocycles. The molecular weight excluding hydrogens is 504 g/mol. The van der Waals surface area contributed by atoms with E-state index in [1.54, 1.807) is 6.07 Å². The second kappa shape index (κ2) is 7.89. The van der Waals surface area contributed by atoms with E-state index < -0.39 is 51.2 Å². The first-order chi connectivity index (χ1) is 17.2. The molecule has 3 atom stereocenters. The number of halogens is 3. The Hall–Kier alpha value is -3.22. The number of nitrogens with zero attached hydrogens (tertiary/aromatic N) is 1. The topological polar surface area (TPSA) is 63.7 Å². The fraction of sp³-hybridized carbons (Fsp3) is 0.250. The largest absolute Gasteiger partial charge is 0.459 e. The summed E-state index contributed by atoms with van der Waals surface area (Å²) in [4.78, 5) is 38.9. The summed E-state index contributed by atoms with van der Waals surface area (Å²) in [7, 11) is 0. The van der Waals surface area contributed by atoms with Crippen LogP contribution in [0.15, 0.2) is 72.8 Å². The third-order valence-electron chi connectivity index (χ3n) is 7.68. The van der Waals surface area contributed by atoms with Crippen molar-refractivity contribution in [3.8, 4) is 0 Å². The first-order valence-corrected chi connectivity index (χ1v) is 12.3. The van der Waals surface area contributed by atoms with Crippen molar-refractivity contribution in [2.75, 3.05) is 0 Å². The molecule has 3 aliphatic carbocycles. The monoisotopic (exact) mass is 523 g/mol. The average Bonchev–Trinajstić information content (AvgIpc) is 3.17. The molecule has 8 heteroatoms. The third-order valence-corrected chi connectivity index (χ3v) is 8.96. The van der Waals surface area contributed by atoms with Crippen LogP contribution in [0.3, 0.4) is 0 Å². The van der Waals surface area contributed by atoms with Crippen LogP contribution in [0, 0.1) is 17.7 Å². The first kappa shape index (κ1) is 23.2. The van der Waals surface area contributed by atoms with Gasteiger partial charge >= 0.3 is 5.97 Å². The van der Waals surface area contributed by atoms with Crippen LogP contribution >= 0.6 is 23.2 Å². The van der Waals surface area contributed by atoms with Crippen LogP contribution in [-0.4, -0.2) is 28.7 Å². The Morgan fingerprint density at radius 1 is 0.861 bits per heavy atom. The summed E-state index contributed by atoms with van der Waals surface area (Å²) in [6.45, 7) is 1.09. The van der Waals surface area contributed by atoms with E-state index in [0.29, 0.717) is 22.3 Å². The Morgan fingerprint density at radius 2 is 1.28 bits per heavy atom. The van der Waals surface area contributed by atoms with Crippen molar-refractivity contribution in [3.05, 3.63) is 106 Å². The normalized spacial score (nSPS) is 28.4. The molecule has 1 aliphatic heterocycles. The molecule has 2 amide bonds. The SMILES string of the molecule is C[C@H](C(=O)OCc1ccccc1F)N1C(=O)[C@@H]2[C@H](C1=O)C1(Cl)c3ccccc3C2(Cl)c2ccccc21. The number of hydrogen-bond acceptors (Lipinski definition) is 4. The Kier molecular flexibility index (Phi) is 5.08. The number of imide groups is 1. The number of esters is 1. The summed E-state index contributed by atoms with van der Waals surface area (Å²) in [5.74, 6) is -4.51. The van der Waals surface area contributed by atoms with E-state index in [1.807, 2.05) is 48.5 Å². The number of carbonyl (C=O) groups excluding carboxylic acids is 3. The first-order valence-electron chi connectivity index (χ1n) is 11.6. The van der Waals surface area contributed by atoms with Crippen molar-refractivity contribution in [1.82, 2.24) is 4.90 Å². The lowest BCUT2D eigenvalue weighted by atomic mass is 9.54. The maximum atomic E-state index is 14.0. The number of likely N-dealkylation sites (tertiary alicyclic amines) is 1. The van der Waals surface area contributed by atoms with E-state index >= 15 is 0 Å². The van der Waals surface area contributed by atoms with E-state index in [4.69, 9.17) is 27.9 Å². The molecule has 36 heavy (non-hydrogen) atoms. The highest BCUT2D eigenvalue weighted by Crippen LogP contribution is 2.69. The number of hydrogen-bond donors (Lipinski definition) is 0. The lowest BCUT2D eigenvalue weighted by molar-refractivity contribution is -0.159. The van der Waals surface area contributed by atoms with Crippen molar-refractivity contribution >= 4 is 41.0 Å². The number of carbonyl (C=O) groups is 3. The lowest BCUT2D eigenvalue weighted by Crippen LogP contribution is -2.57. The Balaban J connectivity index is 1.40. The van der Waals surface area contributed by atoms with Crippen LogP contribution in [-0.2, 0) is 35.5 Å². The zero-order valence-corrected chi connectivity index (χ0v) is 20.6. The van der Waals surface area contributed by atoms with Crippen LogP contribution in [0.5, 0.6) is 0 Å². The third kappa shape index (κ3) is 2.80. The molecule has 0 radical (unpaired) electrons. The van der Waals surface area contributed by atoms with Crippen LogP contribution in [0.4, 0.5) is 4.39 Å². The molecule has 2 bridgehead atoms. The summed E-state index contributed by atoms with van der Waals surface area (Å²) in [5, 5.41) is 0. The predicted octanol–water partition coefficient (Wildman–Crippen LogP) is 4.85. The van der Waals surface area contributed by atoms with E-state index in [-0.39, 0.29) is 12.2 Å². The molecule has 0 spiro atoms. The van der Waals surface area contributed by atoms with E-state index in [2.05, 4.69) is 0 Å². The van der Waals surface area contributed by atoms with Gasteiger partial charge in [0.2, 0.25) is 11.8 Å². The highest BCUT2D eigenvalue weighted by molar-refractivity contribution is 6.36. The number of alkyl halides is 2. The van der Waals surface area contributed by atoms with Gasteiger partial charge < -0.3 is 4.74 Å². The van der Waals surface area contributed by atoms with Crippen molar-refractivity contribution < 1.29 is 23.5 Å². The molecule has 1 heterocycles. The molecule has 5 nitrogen and oxygen atoms in total. The molecule has 1 fully saturated rings. The smallest absolute Gasteiger partial charge is 0.329 e. The zero-order chi connectivity index (χ0) is 25.4. The lowest BCUT2D eigenvalue weighted by Gasteiger charge is -2.54. The predicted molar refractivity (Wildman–Crippen MR) is 131 cm³/mol. The summed E-state index contributed by atoms with van der Waals surface area (Å²) >= 11 is 14.7. The minimum Gasteiger partial charge on any atom is -0.459 e. The highest BCUT2D eigenvalue weighted by Gasteiger charge is 2.73. The van der Waals surface area contributed by atoms with Gasteiger partial charge in [-0.2, -0.15) is 0 Å². The van der Waals surface area contributed by atoms with E-state index in [0.717, 1.165) is 4.90 Å². The van der Waals surface area contributed by atoms with Gasteiger partial charge in [-0.1, -0.05) is 66.7 Å². The van der Waals surface area contributed by atoms with Gasteiger partial charge in [0.15, 0.2) is 0 Å². The summed E-state index contributed by atoms with van der Waals surface area (Å²) in [6.07, 6.45) is 0. The fourth-order valence-corrected chi connectivity index (χ4v) is 7.16. The average molecular weight is 524 g/mol. The molecule has 0 N–H and O–H groups in total. The fourth-order valence-electron chi connectivity index (χ4n) is 6.06. The standard InChI is InChI=1S/C28H20Cl2FNO4/c1-15(26(35)36-14-16-8-2-7-13-21(16)31)32-24(33)22-23(25(32)34)28(30)18-10-4-3-9-17(18)27(22,29)19-11-5-6-12-20(19)28/h2-13,15,22-23H,14H2,1H3/t15-,22-,23+,27?,28?/m1/s1. The van der Waals surface area contributed by atoms with E-state index in [9.17, 15) is 18.8 Å². The minimum absolute atomic E-state index is 0.189. The van der Waals surface area contributed by atoms with Gasteiger partial charge in [-0.05, 0) is 35.2 Å². The van der Waals surface area contributed by atoms with Crippen molar-refractivity contribution in [2.24, 2.45) is 11.8 Å². The number of amides is 2. The van der Waals surface area contributed by atoms with Gasteiger partial charge in [0, 0.05) is 5.56 Å². The second-order valence-corrected chi connectivity index (χ2v) is 10.6. The molecule has 182 valence electrons. The van der Waals surface area contributed by atoms with E-state index in [1.165, 1.54) is 25.1 Å². The van der Waals surface area contributed by atoms with Gasteiger partial charge in [0.05, 0.1) is 11.8 Å². The second-order valence-electron chi connectivity index (χ2n) is 9.39. The molecule has 3 aromatic rings. The summed E-state index contributed by atoms with van der Waals surface area (Å²) < 4.78 is 19.3. The highest BCUT2D eigenvalue weighted by atomic mass is 35.5. The molecule has 4 aliphatic rings. The van der Waals surface area contributed by atoms with Gasteiger partial charge in [0.25, 0.3) is 0 Å². The molecule has 7 rings (SSSR count). The quantitative estimate of drug-likeness (QED) is 0.278. The summed E-state index contributed by atoms with van der Waals surface area (Å²) in [5.41, 5.74) is 2.91. The zero-order valence-electron chi connectivity index (χ0n) is 19.1. The Morgan fingerprint density at radius 3 is 1.72 bits per heavy atom. The molecule has 3 aromatic carbocycles. The number of ether oxygens (including phenoxy) is 1. The van der Waals surface area contributed by atoms with Gasteiger partial charge in [0.1, 0.15) is 28.2 Å². The minimum atomic E-state index is -1.33. The maximum absolute atomic E-state index is 14.0. The van der Waals surface area contributed by atoms with Crippen LogP contribution in [0.1, 0.15) is 34.7 Å². The number of rotatable bonds is 4. The van der Waals surface area contributed by atoms with Crippen molar-refractivity contribution in [3.63, 3.8) is 0 Å². The van der Waals surface area contributed by atoms with Crippen LogP contribution < -0.4 is 0 Å². The van der Waals surface area contributed by atoms with Gasteiger partial charge in [-0.15, -0.1) is 23.2 Å². The molecule has 0 aromatic heterocycles. The van der Waals surface area contributed by atoms with Gasteiger partial charge in [-0.25, -0.2) is 9.18 Å². The molecular formula is C28H20Cl2FNO4. The van der Waals surface area contributed by atoms with Crippen LogP contribution in [0.25, 0.3) is 0 Å². The summed E-state index contributed by atoms with van der Waals surface area (Å²) in [6, 6.07) is 19.3. The Bertz CT molecular complexity index is 1340.